The van der Waals surface area contributed by atoms with E-state index in [-0.39, 0.29) is 17.8 Å². The molecule has 0 fully saturated rings. The number of carbonyl (C=O) groups is 1. The molecular weight excluding hydrogens is 227 g/mol. The highest BCUT2D eigenvalue weighted by atomic mass is 32.2. The summed E-state index contributed by atoms with van der Waals surface area (Å²) in [5.74, 6) is -0.441. The summed E-state index contributed by atoms with van der Waals surface area (Å²) in [4.78, 5) is 10.9. The van der Waals surface area contributed by atoms with Crippen molar-refractivity contribution in [3.8, 4) is 0 Å². The van der Waals surface area contributed by atoms with Crippen molar-refractivity contribution in [1.29, 1.82) is 0 Å². The molecule has 0 aromatic heterocycles. The monoisotopic (exact) mass is 242 g/mol. The molecule has 3 nitrogen and oxygen atoms in total. The molecule has 1 amide bonds. The highest BCUT2D eigenvalue weighted by Gasteiger charge is 2.09. The Bertz CT molecular complexity index is 384. The van der Waals surface area contributed by atoms with Crippen LogP contribution in [0.5, 0.6) is 0 Å². The van der Waals surface area contributed by atoms with Crippen molar-refractivity contribution in [2.45, 2.75) is 19.9 Å². The minimum atomic E-state index is -0.316. The van der Waals surface area contributed by atoms with Crippen LogP contribution in [0.4, 0.5) is 10.1 Å². The number of benzene rings is 1. The van der Waals surface area contributed by atoms with E-state index in [1.54, 1.807) is 12.1 Å². The lowest BCUT2D eigenvalue weighted by Gasteiger charge is -2.14. The highest BCUT2D eigenvalue weighted by Crippen LogP contribution is 2.21. The first kappa shape index (κ1) is 12.8. The van der Waals surface area contributed by atoms with Gasteiger partial charge >= 0.3 is 0 Å². The van der Waals surface area contributed by atoms with Gasteiger partial charge in [-0.25, -0.2) is 4.39 Å². The summed E-state index contributed by atoms with van der Waals surface area (Å²) < 4.78 is 16.4. The van der Waals surface area contributed by atoms with Crippen molar-refractivity contribution in [1.82, 2.24) is 5.32 Å². The number of amides is 1. The van der Waals surface area contributed by atoms with Gasteiger partial charge in [-0.3, -0.25) is 4.79 Å². The van der Waals surface area contributed by atoms with Crippen molar-refractivity contribution in [2.24, 2.45) is 0 Å². The van der Waals surface area contributed by atoms with E-state index >= 15 is 0 Å². The van der Waals surface area contributed by atoms with E-state index in [4.69, 9.17) is 0 Å². The van der Waals surface area contributed by atoms with Crippen molar-refractivity contribution >= 4 is 23.5 Å². The number of nitrogens with one attached hydrogen (secondary N) is 2. The number of anilines is 1. The zero-order valence-electron chi connectivity index (χ0n) is 9.50. The van der Waals surface area contributed by atoms with E-state index in [1.165, 1.54) is 24.9 Å². The molecule has 0 spiro atoms. The largest absolute Gasteiger partial charge is 0.350 e. The fraction of sp³-hybridized carbons (Fsp3) is 0.364. The Morgan fingerprint density at radius 2 is 2.19 bits per heavy atom. The zero-order chi connectivity index (χ0) is 12.1. The first-order chi connectivity index (χ1) is 7.54. The van der Waals surface area contributed by atoms with Crippen LogP contribution >= 0.6 is 11.9 Å². The second-order valence-electron chi connectivity index (χ2n) is 3.47. The topological polar surface area (TPSA) is 41.1 Å². The van der Waals surface area contributed by atoms with Crippen molar-refractivity contribution in [3.05, 3.63) is 29.6 Å². The van der Waals surface area contributed by atoms with Gasteiger partial charge in [0.25, 0.3) is 0 Å². The average Bonchev–Trinajstić information content (AvgIpc) is 2.20. The maximum atomic E-state index is 13.5. The third kappa shape index (κ3) is 3.41. The molecule has 88 valence electrons. The molecule has 1 atom stereocenters. The second kappa shape index (κ2) is 5.75. The molecule has 0 saturated heterocycles. The van der Waals surface area contributed by atoms with E-state index in [0.29, 0.717) is 5.69 Å². The number of halogens is 1. The SMILES string of the molecule is CSNc1ccc(C(C)NC(C)=O)cc1F. The van der Waals surface area contributed by atoms with E-state index in [2.05, 4.69) is 10.0 Å². The zero-order valence-corrected chi connectivity index (χ0v) is 10.3. The Morgan fingerprint density at radius 3 is 2.69 bits per heavy atom. The van der Waals surface area contributed by atoms with Crippen LogP contribution < -0.4 is 10.0 Å². The molecule has 1 unspecified atom stereocenters. The Morgan fingerprint density at radius 1 is 1.50 bits per heavy atom. The van der Waals surface area contributed by atoms with E-state index < -0.39 is 0 Å². The molecule has 5 heteroatoms. The Hall–Kier alpha value is -1.23. The number of rotatable bonds is 4. The van der Waals surface area contributed by atoms with Crippen LogP contribution in [0.3, 0.4) is 0 Å². The van der Waals surface area contributed by atoms with Gasteiger partial charge < -0.3 is 10.0 Å². The van der Waals surface area contributed by atoms with E-state index in [9.17, 15) is 9.18 Å². The molecule has 0 aliphatic carbocycles. The second-order valence-corrected chi connectivity index (χ2v) is 4.08. The van der Waals surface area contributed by atoms with E-state index in [1.807, 2.05) is 13.2 Å². The summed E-state index contributed by atoms with van der Waals surface area (Å²) >= 11 is 1.33. The average molecular weight is 242 g/mol. The van der Waals surface area contributed by atoms with Crippen molar-refractivity contribution in [3.63, 3.8) is 0 Å². The smallest absolute Gasteiger partial charge is 0.217 e. The van der Waals surface area contributed by atoms with Crippen LogP contribution in [-0.2, 0) is 4.79 Å². The van der Waals surface area contributed by atoms with Gasteiger partial charge in [-0.2, -0.15) is 0 Å². The molecule has 0 radical (unpaired) electrons. The van der Waals surface area contributed by atoms with Crippen molar-refractivity contribution < 1.29 is 9.18 Å². The predicted molar refractivity (Wildman–Crippen MR) is 65.8 cm³/mol. The van der Waals surface area contributed by atoms with Crippen LogP contribution in [-0.4, -0.2) is 12.2 Å². The molecule has 0 aliphatic rings. The molecule has 1 aromatic rings. The summed E-state index contributed by atoms with van der Waals surface area (Å²) in [6.45, 7) is 3.26. The quantitative estimate of drug-likeness (QED) is 0.798. The summed E-state index contributed by atoms with van der Waals surface area (Å²) in [6, 6.07) is 4.70. The lowest BCUT2D eigenvalue weighted by Crippen LogP contribution is -2.23. The third-order valence-corrected chi connectivity index (χ3v) is 2.55. The van der Waals surface area contributed by atoms with Crippen LogP contribution in [0.25, 0.3) is 0 Å². The van der Waals surface area contributed by atoms with Crippen LogP contribution in [0.15, 0.2) is 18.2 Å². The van der Waals surface area contributed by atoms with Crippen molar-refractivity contribution in [2.75, 3.05) is 11.0 Å². The maximum absolute atomic E-state index is 13.5. The molecule has 2 N–H and O–H groups in total. The lowest BCUT2D eigenvalue weighted by atomic mass is 10.1. The first-order valence-corrected chi connectivity index (χ1v) is 6.12. The molecule has 16 heavy (non-hydrogen) atoms. The fourth-order valence-electron chi connectivity index (χ4n) is 1.38. The van der Waals surface area contributed by atoms with Gasteiger partial charge in [0.1, 0.15) is 5.82 Å². The summed E-state index contributed by atoms with van der Waals surface area (Å²) in [5, 5.41) is 2.71. The molecular formula is C11H15FN2OS. The first-order valence-electron chi connectivity index (χ1n) is 4.90. The molecule has 1 rings (SSSR count). The minimum Gasteiger partial charge on any atom is -0.350 e. The Labute approximate surface area is 98.9 Å². The molecule has 0 heterocycles. The van der Waals surface area contributed by atoms with Crippen LogP contribution in [0.2, 0.25) is 0 Å². The van der Waals surface area contributed by atoms with Gasteiger partial charge in [-0.1, -0.05) is 18.0 Å². The van der Waals surface area contributed by atoms with E-state index in [0.717, 1.165) is 5.56 Å². The number of carbonyl (C=O) groups excluding carboxylic acids is 1. The standard InChI is InChI=1S/C11H15FN2OS/c1-7(13-8(2)15)9-4-5-11(14-16-3)10(12)6-9/h4-7,14H,1-3H3,(H,13,15). The van der Waals surface area contributed by atoms with Crippen LogP contribution in [0.1, 0.15) is 25.5 Å². The third-order valence-electron chi connectivity index (χ3n) is 2.12. The lowest BCUT2D eigenvalue weighted by molar-refractivity contribution is -0.119. The molecule has 0 aliphatic heterocycles. The fourth-order valence-corrected chi connectivity index (χ4v) is 1.77. The predicted octanol–water partition coefficient (Wildman–Crippen LogP) is 2.71. The van der Waals surface area contributed by atoms with Gasteiger partial charge in [-0.15, -0.1) is 0 Å². The van der Waals surface area contributed by atoms with Gasteiger partial charge in [0.05, 0.1) is 11.7 Å². The van der Waals surface area contributed by atoms with Crippen LogP contribution in [0, 0.1) is 5.82 Å². The summed E-state index contributed by atoms with van der Waals surface area (Å²) in [7, 11) is 0. The number of hydrogen-bond acceptors (Lipinski definition) is 3. The number of hydrogen-bond donors (Lipinski definition) is 2. The Kier molecular flexibility index (Phi) is 4.61. The van der Waals surface area contributed by atoms with Gasteiger partial charge in [0, 0.05) is 13.2 Å². The highest BCUT2D eigenvalue weighted by molar-refractivity contribution is 7.99. The summed E-state index contributed by atoms with van der Waals surface area (Å²) in [5.41, 5.74) is 1.20. The van der Waals surface area contributed by atoms with Gasteiger partial charge in [-0.05, 0) is 24.6 Å². The normalized spacial score (nSPS) is 12.0. The molecule has 0 saturated carbocycles. The van der Waals surface area contributed by atoms with Gasteiger partial charge in [0.15, 0.2) is 0 Å². The van der Waals surface area contributed by atoms with Gasteiger partial charge in [0.2, 0.25) is 5.91 Å². The molecule has 1 aromatic carbocycles. The minimum absolute atomic E-state index is 0.126. The Balaban J connectivity index is 2.83. The summed E-state index contributed by atoms with van der Waals surface area (Å²) in [6.07, 6.45) is 1.83. The maximum Gasteiger partial charge on any atom is 0.217 e. The molecule has 0 bridgehead atoms.